The second-order valence-corrected chi connectivity index (χ2v) is 6.87. The van der Waals surface area contributed by atoms with Gasteiger partial charge in [-0.25, -0.2) is 0 Å². The van der Waals surface area contributed by atoms with E-state index in [1.54, 1.807) is 17.8 Å². The van der Waals surface area contributed by atoms with Gasteiger partial charge in [-0.15, -0.1) is 11.8 Å². The lowest BCUT2D eigenvalue weighted by molar-refractivity contribution is 0.104. The minimum atomic E-state index is 0.0155. The third-order valence-corrected chi connectivity index (χ3v) is 4.92. The van der Waals surface area contributed by atoms with Gasteiger partial charge in [0.15, 0.2) is 5.78 Å². The van der Waals surface area contributed by atoms with Crippen molar-refractivity contribution in [3.8, 4) is 0 Å². The molecular formula is C23H21NOS. The molecule has 3 aromatic rings. The Hall–Kier alpha value is -2.78. The van der Waals surface area contributed by atoms with Crippen LogP contribution in [0.3, 0.4) is 0 Å². The molecule has 0 aliphatic rings. The van der Waals surface area contributed by atoms with Gasteiger partial charge in [-0.05, 0) is 11.1 Å². The summed E-state index contributed by atoms with van der Waals surface area (Å²) in [7, 11) is 0. The minimum absolute atomic E-state index is 0.0155. The maximum Gasteiger partial charge on any atom is 0.188 e. The molecule has 3 rings (SSSR count). The monoisotopic (exact) mass is 359 g/mol. The Morgan fingerprint density at radius 1 is 0.769 bits per heavy atom. The molecule has 0 atom stereocenters. The zero-order valence-electron chi connectivity index (χ0n) is 14.5. The topological polar surface area (TPSA) is 29.1 Å². The quantitative estimate of drug-likeness (QED) is 0.429. The Labute approximate surface area is 159 Å². The van der Waals surface area contributed by atoms with E-state index in [-0.39, 0.29) is 5.78 Å². The molecule has 0 unspecified atom stereocenters. The number of carbonyl (C=O) groups excluding carboxylic acids is 1. The highest BCUT2D eigenvalue weighted by Crippen LogP contribution is 2.20. The van der Waals surface area contributed by atoms with Crippen LogP contribution in [-0.2, 0) is 12.3 Å². The Morgan fingerprint density at radius 3 is 1.92 bits per heavy atom. The molecule has 0 aromatic heterocycles. The summed E-state index contributed by atoms with van der Waals surface area (Å²) >= 11 is 1.65. The summed E-state index contributed by atoms with van der Waals surface area (Å²) in [6.07, 6.45) is 1.70. The summed E-state index contributed by atoms with van der Waals surface area (Å²) in [4.78, 5) is 12.5. The zero-order valence-corrected chi connectivity index (χ0v) is 15.3. The van der Waals surface area contributed by atoms with E-state index in [0.29, 0.717) is 12.1 Å². The lowest BCUT2D eigenvalue weighted by Crippen LogP contribution is -2.12. The van der Waals surface area contributed by atoms with Crippen molar-refractivity contribution in [1.29, 1.82) is 0 Å². The van der Waals surface area contributed by atoms with Crippen molar-refractivity contribution in [2.45, 2.75) is 12.3 Å². The van der Waals surface area contributed by atoms with Crippen molar-refractivity contribution in [3.05, 3.63) is 119 Å². The van der Waals surface area contributed by atoms with Gasteiger partial charge in [0.05, 0.1) is 5.03 Å². The van der Waals surface area contributed by atoms with Gasteiger partial charge in [-0.1, -0.05) is 91.0 Å². The van der Waals surface area contributed by atoms with Crippen LogP contribution in [0.15, 0.2) is 102 Å². The molecule has 0 aliphatic carbocycles. The maximum atomic E-state index is 12.5. The molecule has 0 radical (unpaired) electrons. The molecule has 3 heteroatoms. The summed E-state index contributed by atoms with van der Waals surface area (Å²) in [5, 5.41) is 4.29. The first-order valence-corrected chi connectivity index (χ1v) is 9.55. The van der Waals surface area contributed by atoms with Gasteiger partial charge in [-0.2, -0.15) is 0 Å². The molecule has 0 saturated carbocycles. The minimum Gasteiger partial charge on any atom is -0.376 e. The number of benzene rings is 3. The average Bonchev–Trinajstić information content (AvgIpc) is 2.72. The van der Waals surface area contributed by atoms with Crippen LogP contribution < -0.4 is 5.32 Å². The highest BCUT2D eigenvalue weighted by atomic mass is 32.2. The van der Waals surface area contributed by atoms with Crippen LogP contribution in [0.25, 0.3) is 0 Å². The summed E-state index contributed by atoms with van der Waals surface area (Å²) < 4.78 is 0. The molecule has 0 amide bonds. The van der Waals surface area contributed by atoms with Crippen LogP contribution in [-0.4, -0.2) is 5.78 Å². The molecule has 130 valence electrons. The standard InChI is InChI=1S/C23H21NOS/c25-22(21-14-8-3-9-15-21)16-23(24-17-19-10-4-1-5-11-19)26-18-20-12-6-2-7-13-20/h1-16,24H,17-18H2/b23-16-. The first-order chi connectivity index (χ1) is 12.8. The number of thioether (sulfide) groups is 1. The molecule has 3 aromatic carbocycles. The molecule has 0 saturated heterocycles. The number of allylic oxidation sites excluding steroid dienone is 1. The van der Waals surface area contributed by atoms with E-state index in [0.717, 1.165) is 10.8 Å². The summed E-state index contributed by atoms with van der Waals surface area (Å²) in [5.74, 6) is 0.831. The first kappa shape index (κ1) is 18.0. The number of rotatable bonds is 8. The molecule has 1 N–H and O–H groups in total. The van der Waals surface area contributed by atoms with E-state index >= 15 is 0 Å². The average molecular weight is 359 g/mol. The Kier molecular flexibility index (Phi) is 6.68. The van der Waals surface area contributed by atoms with Gasteiger partial charge in [0.25, 0.3) is 0 Å². The number of hydrogen-bond acceptors (Lipinski definition) is 3. The van der Waals surface area contributed by atoms with Crippen molar-refractivity contribution in [2.24, 2.45) is 0 Å². The van der Waals surface area contributed by atoms with Crippen molar-refractivity contribution in [2.75, 3.05) is 0 Å². The second-order valence-electron chi connectivity index (χ2n) is 5.85. The smallest absolute Gasteiger partial charge is 0.188 e. The fourth-order valence-corrected chi connectivity index (χ4v) is 3.35. The predicted molar refractivity (Wildman–Crippen MR) is 110 cm³/mol. The van der Waals surface area contributed by atoms with Gasteiger partial charge in [0.2, 0.25) is 0 Å². The fraction of sp³-hybridized carbons (Fsp3) is 0.0870. The van der Waals surface area contributed by atoms with E-state index in [9.17, 15) is 4.79 Å². The van der Waals surface area contributed by atoms with Crippen LogP contribution in [0.1, 0.15) is 21.5 Å². The molecular weight excluding hydrogens is 338 g/mol. The van der Waals surface area contributed by atoms with Gasteiger partial charge in [-0.3, -0.25) is 4.79 Å². The SMILES string of the molecule is O=C(/C=C(/NCc1ccccc1)SCc1ccccc1)c1ccccc1. The van der Waals surface area contributed by atoms with Crippen molar-refractivity contribution in [3.63, 3.8) is 0 Å². The molecule has 0 heterocycles. The van der Waals surface area contributed by atoms with Crippen LogP contribution >= 0.6 is 11.8 Å². The third kappa shape index (κ3) is 5.64. The lowest BCUT2D eigenvalue weighted by atomic mass is 10.1. The first-order valence-electron chi connectivity index (χ1n) is 8.57. The molecule has 0 spiro atoms. The van der Waals surface area contributed by atoms with Crippen LogP contribution in [0, 0.1) is 0 Å². The van der Waals surface area contributed by atoms with Gasteiger partial charge in [0, 0.05) is 23.9 Å². The van der Waals surface area contributed by atoms with Crippen LogP contribution in [0.5, 0.6) is 0 Å². The van der Waals surface area contributed by atoms with E-state index in [2.05, 4.69) is 29.6 Å². The molecule has 26 heavy (non-hydrogen) atoms. The fourth-order valence-electron chi connectivity index (χ4n) is 2.47. The van der Waals surface area contributed by atoms with Crippen molar-refractivity contribution >= 4 is 17.5 Å². The third-order valence-electron chi connectivity index (χ3n) is 3.87. The normalized spacial score (nSPS) is 11.2. The van der Waals surface area contributed by atoms with Gasteiger partial charge < -0.3 is 5.32 Å². The van der Waals surface area contributed by atoms with Crippen molar-refractivity contribution in [1.82, 2.24) is 5.32 Å². The van der Waals surface area contributed by atoms with Gasteiger partial charge >= 0.3 is 0 Å². The van der Waals surface area contributed by atoms with E-state index in [1.165, 1.54) is 11.1 Å². The van der Waals surface area contributed by atoms with E-state index in [4.69, 9.17) is 0 Å². The largest absolute Gasteiger partial charge is 0.376 e. The highest BCUT2D eigenvalue weighted by Gasteiger charge is 2.06. The Bertz CT molecular complexity index is 800. The maximum absolute atomic E-state index is 12.5. The number of ketones is 1. The molecule has 0 aliphatic heterocycles. The van der Waals surface area contributed by atoms with Crippen LogP contribution in [0.2, 0.25) is 0 Å². The lowest BCUT2D eigenvalue weighted by Gasteiger charge is -2.11. The molecule has 2 nitrogen and oxygen atoms in total. The van der Waals surface area contributed by atoms with Crippen molar-refractivity contribution < 1.29 is 4.79 Å². The second kappa shape index (κ2) is 9.64. The van der Waals surface area contributed by atoms with E-state index in [1.807, 2.05) is 66.7 Å². The van der Waals surface area contributed by atoms with Gasteiger partial charge in [0.1, 0.15) is 0 Å². The number of hydrogen-bond donors (Lipinski definition) is 1. The number of nitrogens with one attached hydrogen (secondary N) is 1. The summed E-state index contributed by atoms with van der Waals surface area (Å²) in [6.45, 7) is 0.691. The van der Waals surface area contributed by atoms with E-state index < -0.39 is 0 Å². The Morgan fingerprint density at radius 2 is 1.31 bits per heavy atom. The molecule has 0 fully saturated rings. The summed E-state index contributed by atoms with van der Waals surface area (Å²) in [6, 6.07) is 29.8. The highest BCUT2D eigenvalue weighted by molar-refractivity contribution is 8.02. The Balaban J connectivity index is 1.71. The van der Waals surface area contributed by atoms with Crippen LogP contribution in [0.4, 0.5) is 0 Å². The number of carbonyl (C=O) groups is 1. The predicted octanol–water partition coefficient (Wildman–Crippen LogP) is 5.43. The zero-order chi connectivity index (χ0) is 18.0. The summed E-state index contributed by atoms with van der Waals surface area (Å²) in [5.41, 5.74) is 3.12. The molecule has 0 bridgehead atoms.